The number of halogens is 1. The smallest absolute Gasteiger partial charge is 0.269 e. The summed E-state index contributed by atoms with van der Waals surface area (Å²) < 4.78 is 5.90. The predicted octanol–water partition coefficient (Wildman–Crippen LogP) is 5.71. The van der Waals surface area contributed by atoms with E-state index in [1.54, 1.807) is 30.3 Å². The number of amides is 1. The second-order valence-corrected chi connectivity index (χ2v) is 7.33. The van der Waals surface area contributed by atoms with Gasteiger partial charge in [0.15, 0.2) is 5.75 Å². The SMILES string of the molecule is O=C(Nc1cc(Cl)ccc1Oc1ccccc1)C1(c2ccc([N+](=O)[O-])cc2)CC1. The summed E-state index contributed by atoms with van der Waals surface area (Å²) in [5.74, 6) is 0.932. The highest BCUT2D eigenvalue weighted by atomic mass is 35.5. The van der Waals surface area contributed by atoms with Crippen LogP contribution in [0.2, 0.25) is 5.02 Å². The molecule has 1 aliphatic rings. The van der Waals surface area contributed by atoms with E-state index in [1.165, 1.54) is 12.1 Å². The van der Waals surface area contributed by atoms with Gasteiger partial charge in [-0.2, -0.15) is 0 Å². The van der Waals surface area contributed by atoms with Crippen molar-refractivity contribution in [2.24, 2.45) is 0 Å². The summed E-state index contributed by atoms with van der Waals surface area (Å²) in [5, 5.41) is 14.3. The fourth-order valence-corrected chi connectivity index (χ4v) is 3.39. The maximum atomic E-state index is 13.1. The molecule has 0 unspecified atom stereocenters. The highest BCUT2D eigenvalue weighted by molar-refractivity contribution is 6.31. The molecule has 1 fully saturated rings. The largest absolute Gasteiger partial charge is 0.455 e. The lowest BCUT2D eigenvalue weighted by atomic mass is 9.94. The van der Waals surface area contributed by atoms with Crippen LogP contribution in [-0.4, -0.2) is 10.8 Å². The maximum Gasteiger partial charge on any atom is 0.269 e. The summed E-state index contributed by atoms with van der Waals surface area (Å²) in [6, 6.07) is 20.4. The number of carbonyl (C=O) groups is 1. The number of hydrogen-bond acceptors (Lipinski definition) is 4. The number of benzene rings is 3. The van der Waals surface area contributed by atoms with Crippen LogP contribution in [-0.2, 0) is 10.2 Å². The van der Waals surface area contributed by atoms with Gasteiger partial charge in [-0.15, -0.1) is 0 Å². The van der Waals surface area contributed by atoms with Crippen LogP contribution in [0.4, 0.5) is 11.4 Å². The van der Waals surface area contributed by atoms with Crippen LogP contribution in [0.15, 0.2) is 72.8 Å². The molecule has 0 aliphatic heterocycles. The van der Waals surface area contributed by atoms with Crippen molar-refractivity contribution in [3.63, 3.8) is 0 Å². The molecule has 1 aliphatic carbocycles. The summed E-state index contributed by atoms with van der Waals surface area (Å²) in [5.41, 5.74) is 0.535. The molecule has 1 saturated carbocycles. The molecule has 0 atom stereocenters. The Balaban J connectivity index is 1.58. The van der Waals surface area contributed by atoms with Gasteiger partial charge in [-0.05, 0) is 48.7 Å². The van der Waals surface area contributed by atoms with Gasteiger partial charge in [0.05, 0.1) is 16.0 Å². The quantitative estimate of drug-likeness (QED) is 0.418. The molecule has 1 N–H and O–H groups in total. The molecule has 29 heavy (non-hydrogen) atoms. The molecule has 3 aromatic carbocycles. The molecule has 0 aromatic heterocycles. The first kappa shape index (κ1) is 19.0. The van der Waals surface area contributed by atoms with E-state index in [4.69, 9.17) is 16.3 Å². The third kappa shape index (κ3) is 3.93. The van der Waals surface area contributed by atoms with Gasteiger partial charge < -0.3 is 10.1 Å². The number of rotatable bonds is 6. The average molecular weight is 409 g/mol. The number of nitrogens with zero attached hydrogens (tertiary/aromatic N) is 1. The zero-order valence-electron chi connectivity index (χ0n) is 15.3. The molecule has 0 spiro atoms. The van der Waals surface area contributed by atoms with Gasteiger partial charge in [0, 0.05) is 17.2 Å². The minimum Gasteiger partial charge on any atom is -0.455 e. The van der Waals surface area contributed by atoms with Crippen molar-refractivity contribution in [2.75, 3.05) is 5.32 Å². The summed E-state index contributed by atoms with van der Waals surface area (Å²) in [4.78, 5) is 23.5. The molecule has 3 aromatic rings. The summed E-state index contributed by atoms with van der Waals surface area (Å²) in [6.45, 7) is 0. The van der Waals surface area contributed by atoms with Gasteiger partial charge in [-0.1, -0.05) is 41.9 Å². The Kier molecular flexibility index (Phi) is 4.94. The van der Waals surface area contributed by atoms with Gasteiger partial charge in [-0.3, -0.25) is 14.9 Å². The van der Waals surface area contributed by atoms with E-state index in [1.807, 2.05) is 30.3 Å². The van der Waals surface area contributed by atoms with Crippen molar-refractivity contribution >= 4 is 28.9 Å². The topological polar surface area (TPSA) is 81.5 Å². The minimum atomic E-state index is -0.693. The van der Waals surface area contributed by atoms with Crippen LogP contribution >= 0.6 is 11.6 Å². The Morgan fingerprint density at radius 2 is 1.72 bits per heavy atom. The van der Waals surface area contributed by atoms with E-state index < -0.39 is 10.3 Å². The van der Waals surface area contributed by atoms with Crippen molar-refractivity contribution in [3.05, 3.63) is 93.5 Å². The number of anilines is 1. The molecule has 0 saturated heterocycles. The Hall–Kier alpha value is -3.38. The summed E-state index contributed by atoms with van der Waals surface area (Å²) in [7, 11) is 0. The lowest BCUT2D eigenvalue weighted by molar-refractivity contribution is -0.384. The zero-order valence-corrected chi connectivity index (χ0v) is 16.1. The Bertz CT molecular complexity index is 1060. The Morgan fingerprint density at radius 3 is 2.34 bits per heavy atom. The average Bonchev–Trinajstić information content (AvgIpc) is 3.53. The third-order valence-electron chi connectivity index (χ3n) is 4.98. The molecule has 6 nitrogen and oxygen atoms in total. The van der Waals surface area contributed by atoms with Gasteiger partial charge >= 0.3 is 0 Å². The molecule has 0 bridgehead atoms. The molecular formula is C22H17ClN2O4. The fourth-order valence-electron chi connectivity index (χ4n) is 3.22. The monoisotopic (exact) mass is 408 g/mol. The van der Waals surface area contributed by atoms with Crippen LogP contribution in [0.5, 0.6) is 11.5 Å². The number of nitrogens with one attached hydrogen (secondary N) is 1. The molecule has 146 valence electrons. The van der Waals surface area contributed by atoms with Crippen LogP contribution in [0.3, 0.4) is 0 Å². The molecular weight excluding hydrogens is 392 g/mol. The number of carbonyl (C=O) groups excluding carboxylic acids is 1. The van der Waals surface area contributed by atoms with Crippen LogP contribution < -0.4 is 10.1 Å². The lowest BCUT2D eigenvalue weighted by Gasteiger charge is -2.18. The zero-order chi connectivity index (χ0) is 20.4. The van der Waals surface area contributed by atoms with Crippen molar-refractivity contribution in [2.45, 2.75) is 18.3 Å². The highest BCUT2D eigenvalue weighted by Gasteiger charge is 2.51. The molecule has 4 rings (SSSR count). The first-order chi connectivity index (χ1) is 14.0. The number of nitro groups is 1. The molecule has 0 heterocycles. The number of nitro benzene ring substituents is 1. The first-order valence-electron chi connectivity index (χ1n) is 9.07. The third-order valence-corrected chi connectivity index (χ3v) is 5.21. The van der Waals surface area contributed by atoms with E-state index in [0.717, 1.165) is 5.56 Å². The normalized spacial score (nSPS) is 14.1. The minimum absolute atomic E-state index is 0.00153. The number of hydrogen-bond donors (Lipinski definition) is 1. The standard InChI is InChI=1S/C22H17ClN2O4/c23-16-8-11-20(29-18-4-2-1-3-5-18)19(14-16)24-21(26)22(12-13-22)15-6-9-17(10-7-15)25(27)28/h1-11,14H,12-13H2,(H,24,26). The molecule has 0 radical (unpaired) electrons. The van der Waals surface area contributed by atoms with Crippen LogP contribution in [0, 0.1) is 10.1 Å². The van der Waals surface area contributed by atoms with Gasteiger partial charge in [0.2, 0.25) is 5.91 Å². The number of para-hydroxylation sites is 1. The van der Waals surface area contributed by atoms with Crippen molar-refractivity contribution < 1.29 is 14.5 Å². The van der Waals surface area contributed by atoms with Gasteiger partial charge in [-0.25, -0.2) is 0 Å². The van der Waals surface area contributed by atoms with Crippen molar-refractivity contribution in [1.82, 2.24) is 0 Å². The van der Waals surface area contributed by atoms with Crippen molar-refractivity contribution in [3.8, 4) is 11.5 Å². The predicted molar refractivity (Wildman–Crippen MR) is 111 cm³/mol. The summed E-state index contributed by atoms with van der Waals surface area (Å²) in [6.07, 6.45) is 1.35. The fraction of sp³-hybridized carbons (Fsp3) is 0.136. The molecule has 1 amide bonds. The number of ether oxygens (including phenoxy) is 1. The Morgan fingerprint density at radius 1 is 1.03 bits per heavy atom. The van der Waals surface area contributed by atoms with E-state index >= 15 is 0 Å². The second-order valence-electron chi connectivity index (χ2n) is 6.90. The van der Waals surface area contributed by atoms with Crippen LogP contribution in [0.25, 0.3) is 0 Å². The molecule has 7 heteroatoms. The maximum absolute atomic E-state index is 13.1. The van der Waals surface area contributed by atoms with E-state index in [0.29, 0.717) is 35.1 Å². The van der Waals surface area contributed by atoms with Crippen LogP contribution in [0.1, 0.15) is 18.4 Å². The van der Waals surface area contributed by atoms with Gasteiger partial charge in [0.1, 0.15) is 5.75 Å². The van der Waals surface area contributed by atoms with E-state index in [-0.39, 0.29) is 11.6 Å². The van der Waals surface area contributed by atoms with Crippen molar-refractivity contribution in [1.29, 1.82) is 0 Å². The van der Waals surface area contributed by atoms with E-state index in [9.17, 15) is 14.9 Å². The number of non-ortho nitro benzene ring substituents is 1. The second kappa shape index (κ2) is 7.56. The van der Waals surface area contributed by atoms with Gasteiger partial charge in [0.25, 0.3) is 5.69 Å². The summed E-state index contributed by atoms with van der Waals surface area (Å²) >= 11 is 6.13. The lowest BCUT2D eigenvalue weighted by Crippen LogP contribution is -2.28. The Labute approximate surface area is 172 Å². The highest BCUT2D eigenvalue weighted by Crippen LogP contribution is 2.49. The first-order valence-corrected chi connectivity index (χ1v) is 9.45. The van der Waals surface area contributed by atoms with E-state index in [2.05, 4.69) is 5.32 Å².